The van der Waals surface area contributed by atoms with Gasteiger partial charge >= 0.3 is 0 Å². The predicted octanol–water partition coefficient (Wildman–Crippen LogP) is 4.48. The SMILES string of the molecule is Cc1ccc(NC(=O)[C@@H](C)Sc2nnc(COc3ccc(Cl)cc3)n2C)cc1. The number of benzene rings is 2. The number of carbonyl (C=O) groups excluding carboxylic acids is 1. The number of hydrogen-bond acceptors (Lipinski definition) is 5. The smallest absolute Gasteiger partial charge is 0.237 e. The van der Waals surface area contributed by atoms with Crippen molar-refractivity contribution < 1.29 is 9.53 Å². The van der Waals surface area contributed by atoms with E-state index in [2.05, 4.69) is 15.5 Å². The fourth-order valence-corrected chi connectivity index (χ4v) is 3.30. The predicted molar refractivity (Wildman–Crippen MR) is 112 cm³/mol. The maximum absolute atomic E-state index is 12.4. The number of aromatic nitrogens is 3. The van der Waals surface area contributed by atoms with Crippen molar-refractivity contribution in [3.05, 3.63) is 64.9 Å². The van der Waals surface area contributed by atoms with E-state index in [0.717, 1.165) is 11.3 Å². The second-order valence-electron chi connectivity index (χ2n) is 6.32. The van der Waals surface area contributed by atoms with Gasteiger partial charge in [-0.05, 0) is 50.2 Å². The first-order valence-electron chi connectivity index (χ1n) is 8.73. The Balaban J connectivity index is 1.57. The summed E-state index contributed by atoms with van der Waals surface area (Å²) in [5.41, 5.74) is 1.92. The molecule has 28 heavy (non-hydrogen) atoms. The summed E-state index contributed by atoms with van der Waals surface area (Å²) in [6, 6.07) is 14.8. The van der Waals surface area contributed by atoms with Crippen molar-refractivity contribution in [1.82, 2.24) is 14.8 Å². The summed E-state index contributed by atoms with van der Waals surface area (Å²) in [5.74, 6) is 1.28. The summed E-state index contributed by atoms with van der Waals surface area (Å²) in [7, 11) is 1.85. The molecule has 1 aromatic heterocycles. The van der Waals surface area contributed by atoms with Crippen LogP contribution in [0.2, 0.25) is 5.02 Å². The Morgan fingerprint density at radius 2 is 1.86 bits per heavy atom. The minimum absolute atomic E-state index is 0.0872. The van der Waals surface area contributed by atoms with E-state index in [4.69, 9.17) is 16.3 Å². The van der Waals surface area contributed by atoms with Crippen LogP contribution in [0.25, 0.3) is 0 Å². The Bertz CT molecular complexity index is 942. The molecule has 1 atom stereocenters. The van der Waals surface area contributed by atoms with E-state index in [1.807, 2.05) is 49.7 Å². The van der Waals surface area contributed by atoms with Gasteiger partial charge < -0.3 is 14.6 Å². The Morgan fingerprint density at radius 3 is 2.54 bits per heavy atom. The highest BCUT2D eigenvalue weighted by molar-refractivity contribution is 8.00. The fourth-order valence-electron chi connectivity index (χ4n) is 2.34. The Labute approximate surface area is 173 Å². The van der Waals surface area contributed by atoms with Crippen molar-refractivity contribution >= 4 is 35.0 Å². The lowest BCUT2D eigenvalue weighted by molar-refractivity contribution is -0.115. The van der Waals surface area contributed by atoms with E-state index in [-0.39, 0.29) is 17.8 Å². The van der Waals surface area contributed by atoms with Crippen LogP contribution in [0.3, 0.4) is 0 Å². The molecule has 0 spiro atoms. The van der Waals surface area contributed by atoms with Gasteiger partial charge in [-0.3, -0.25) is 4.79 Å². The molecule has 0 saturated carbocycles. The molecule has 0 aliphatic heterocycles. The molecule has 1 amide bonds. The van der Waals surface area contributed by atoms with Gasteiger partial charge in [0.05, 0.1) is 5.25 Å². The summed E-state index contributed by atoms with van der Waals surface area (Å²) in [4.78, 5) is 12.4. The lowest BCUT2D eigenvalue weighted by Gasteiger charge is -2.12. The van der Waals surface area contributed by atoms with Crippen molar-refractivity contribution in [2.24, 2.45) is 7.05 Å². The zero-order chi connectivity index (χ0) is 20.1. The molecule has 3 aromatic rings. The molecule has 6 nitrogen and oxygen atoms in total. The van der Waals surface area contributed by atoms with Gasteiger partial charge in [-0.2, -0.15) is 0 Å². The highest BCUT2D eigenvalue weighted by Gasteiger charge is 2.19. The van der Waals surface area contributed by atoms with Crippen molar-refractivity contribution in [2.75, 3.05) is 5.32 Å². The second-order valence-corrected chi connectivity index (χ2v) is 8.06. The van der Waals surface area contributed by atoms with Gasteiger partial charge in [-0.25, -0.2) is 0 Å². The first kappa shape index (κ1) is 20.2. The van der Waals surface area contributed by atoms with E-state index >= 15 is 0 Å². The number of aryl methyl sites for hydroxylation is 1. The number of anilines is 1. The maximum Gasteiger partial charge on any atom is 0.237 e. The molecular weight excluding hydrogens is 396 g/mol. The number of halogens is 1. The van der Waals surface area contributed by atoms with Gasteiger partial charge in [0.25, 0.3) is 0 Å². The van der Waals surface area contributed by atoms with Gasteiger partial charge in [0.1, 0.15) is 12.4 Å². The number of carbonyl (C=O) groups is 1. The number of hydrogen-bond donors (Lipinski definition) is 1. The van der Waals surface area contributed by atoms with Crippen LogP contribution in [0.15, 0.2) is 53.7 Å². The van der Waals surface area contributed by atoms with E-state index in [9.17, 15) is 4.79 Å². The van der Waals surface area contributed by atoms with Crippen LogP contribution in [0.1, 0.15) is 18.3 Å². The molecule has 0 bridgehead atoms. The van der Waals surface area contributed by atoms with Crippen molar-refractivity contribution in [3.63, 3.8) is 0 Å². The molecule has 0 unspecified atom stereocenters. The lowest BCUT2D eigenvalue weighted by atomic mass is 10.2. The summed E-state index contributed by atoms with van der Waals surface area (Å²) in [5, 5.41) is 12.2. The molecule has 3 rings (SSSR count). The molecule has 0 radical (unpaired) electrons. The van der Waals surface area contributed by atoms with Crippen molar-refractivity contribution in [3.8, 4) is 5.75 Å². The standard InChI is InChI=1S/C20H21ClN4O2S/c1-13-4-8-16(9-5-13)22-19(26)14(2)28-20-24-23-18(25(20)3)12-27-17-10-6-15(21)7-11-17/h4-11,14H,12H2,1-3H3,(H,22,26)/t14-/m1/s1. The molecule has 0 aliphatic rings. The van der Waals surface area contributed by atoms with Crippen molar-refractivity contribution in [1.29, 1.82) is 0 Å². The van der Waals surface area contributed by atoms with Crippen LogP contribution in [-0.2, 0) is 18.4 Å². The molecule has 2 aromatic carbocycles. The number of rotatable bonds is 7. The summed E-state index contributed by atoms with van der Waals surface area (Å²) in [6.07, 6.45) is 0. The van der Waals surface area contributed by atoms with Crippen molar-refractivity contribution in [2.45, 2.75) is 30.9 Å². The average molecular weight is 417 g/mol. The third kappa shape index (κ3) is 5.27. The summed E-state index contributed by atoms with van der Waals surface area (Å²) >= 11 is 7.22. The summed E-state index contributed by atoms with van der Waals surface area (Å²) in [6.45, 7) is 4.12. The molecule has 0 fully saturated rings. The monoisotopic (exact) mass is 416 g/mol. The van der Waals surface area contributed by atoms with Crippen LogP contribution in [0.4, 0.5) is 5.69 Å². The molecular formula is C20H21ClN4O2S. The first-order valence-corrected chi connectivity index (χ1v) is 9.99. The van der Waals surface area contributed by atoms with Gasteiger partial charge in [0, 0.05) is 17.8 Å². The number of nitrogens with zero attached hydrogens (tertiary/aromatic N) is 3. The second kappa shape index (κ2) is 9.12. The molecule has 0 saturated heterocycles. The van der Waals surface area contributed by atoms with E-state index in [1.54, 1.807) is 24.3 Å². The minimum atomic E-state index is -0.325. The van der Waals surface area contributed by atoms with Gasteiger partial charge in [-0.1, -0.05) is 41.1 Å². The van der Waals surface area contributed by atoms with Gasteiger partial charge in [-0.15, -0.1) is 10.2 Å². The Kier molecular flexibility index (Phi) is 6.59. The van der Waals surface area contributed by atoms with Crippen LogP contribution < -0.4 is 10.1 Å². The third-order valence-corrected chi connectivity index (χ3v) is 5.46. The zero-order valence-corrected chi connectivity index (χ0v) is 17.4. The Hall–Kier alpha value is -2.51. The highest BCUT2D eigenvalue weighted by Crippen LogP contribution is 2.23. The molecule has 8 heteroatoms. The quantitative estimate of drug-likeness (QED) is 0.575. The minimum Gasteiger partial charge on any atom is -0.486 e. The number of nitrogens with one attached hydrogen (secondary N) is 1. The number of ether oxygens (including phenoxy) is 1. The summed E-state index contributed by atoms with van der Waals surface area (Å²) < 4.78 is 7.54. The van der Waals surface area contributed by atoms with Crippen LogP contribution in [-0.4, -0.2) is 25.9 Å². The lowest BCUT2D eigenvalue weighted by Crippen LogP contribution is -2.22. The first-order chi connectivity index (χ1) is 13.4. The van der Waals surface area contributed by atoms with Gasteiger partial charge in [0.2, 0.25) is 5.91 Å². The van der Waals surface area contributed by atoms with E-state index in [1.165, 1.54) is 11.8 Å². The largest absolute Gasteiger partial charge is 0.486 e. The fraction of sp³-hybridized carbons (Fsp3) is 0.250. The van der Waals surface area contributed by atoms with Crippen LogP contribution >= 0.6 is 23.4 Å². The molecule has 146 valence electrons. The van der Waals surface area contributed by atoms with E-state index in [0.29, 0.717) is 21.8 Å². The van der Waals surface area contributed by atoms with Crippen LogP contribution in [0, 0.1) is 6.92 Å². The Morgan fingerprint density at radius 1 is 1.18 bits per heavy atom. The average Bonchev–Trinajstić information content (AvgIpc) is 3.03. The normalized spacial score (nSPS) is 11.9. The maximum atomic E-state index is 12.4. The van der Waals surface area contributed by atoms with E-state index < -0.39 is 0 Å². The topological polar surface area (TPSA) is 69.0 Å². The third-order valence-electron chi connectivity index (χ3n) is 4.08. The molecule has 1 N–H and O–H groups in total. The van der Waals surface area contributed by atoms with Crippen LogP contribution in [0.5, 0.6) is 5.75 Å². The zero-order valence-electron chi connectivity index (χ0n) is 15.8. The highest BCUT2D eigenvalue weighted by atomic mass is 35.5. The number of amides is 1. The molecule has 0 aliphatic carbocycles. The van der Waals surface area contributed by atoms with Gasteiger partial charge in [0.15, 0.2) is 11.0 Å². The number of thioether (sulfide) groups is 1. The molecule has 1 heterocycles.